The average molecular weight is 285 g/mol. The third-order valence-electron chi connectivity index (χ3n) is 2.58. The highest BCUT2D eigenvalue weighted by Gasteiger charge is 2.03. The fraction of sp³-hybridized carbons (Fsp3) is 0.0714. The summed E-state index contributed by atoms with van der Waals surface area (Å²) in [5.41, 5.74) is 12.6. The molecule has 2 amide bonds. The molecule has 0 bridgehead atoms. The van der Waals surface area contributed by atoms with Crippen LogP contribution in [0.15, 0.2) is 42.7 Å². The van der Waals surface area contributed by atoms with E-state index in [0.29, 0.717) is 11.4 Å². The summed E-state index contributed by atoms with van der Waals surface area (Å²) in [7, 11) is 0. The Morgan fingerprint density at radius 3 is 2.67 bits per heavy atom. The van der Waals surface area contributed by atoms with Crippen molar-refractivity contribution in [3.05, 3.63) is 48.3 Å². The second-order valence-corrected chi connectivity index (χ2v) is 4.38. The van der Waals surface area contributed by atoms with E-state index in [1.807, 2.05) is 12.1 Å². The number of benzene rings is 1. The Bertz CT molecular complexity index is 673. The van der Waals surface area contributed by atoms with Gasteiger partial charge in [0.1, 0.15) is 6.54 Å². The second kappa shape index (κ2) is 6.38. The number of amides is 2. The van der Waals surface area contributed by atoms with E-state index in [4.69, 9.17) is 11.5 Å². The lowest BCUT2D eigenvalue weighted by molar-refractivity contribution is -0.118. The molecule has 0 fully saturated rings. The predicted octanol–water partition coefficient (Wildman–Crippen LogP) is 0.602. The monoisotopic (exact) mass is 285 g/mol. The number of nitrogen functional groups attached to an aromatic ring is 1. The number of hydrogen-bond acceptors (Lipinski definition) is 4. The van der Waals surface area contributed by atoms with Gasteiger partial charge in [-0.2, -0.15) is 5.10 Å². The lowest BCUT2D eigenvalue weighted by Gasteiger charge is -1.98. The first-order valence-corrected chi connectivity index (χ1v) is 6.18. The van der Waals surface area contributed by atoms with Crippen LogP contribution in [-0.4, -0.2) is 21.6 Å². The van der Waals surface area contributed by atoms with Gasteiger partial charge in [0.05, 0.1) is 11.9 Å². The molecule has 1 aromatic heterocycles. The Balaban J connectivity index is 1.93. The molecule has 1 aromatic carbocycles. The maximum Gasteiger partial charge on any atom is 0.248 e. The van der Waals surface area contributed by atoms with Gasteiger partial charge < -0.3 is 16.8 Å². The van der Waals surface area contributed by atoms with E-state index in [9.17, 15) is 9.59 Å². The number of carbonyl (C=O) groups excluding carboxylic acids is 2. The topological polar surface area (TPSA) is 116 Å². The van der Waals surface area contributed by atoms with Gasteiger partial charge in [-0.25, -0.2) is 0 Å². The van der Waals surface area contributed by atoms with Crippen LogP contribution in [0, 0.1) is 0 Å². The van der Waals surface area contributed by atoms with Crippen LogP contribution in [0.3, 0.4) is 0 Å². The standard InChI is InChI=1S/C14H15N5O2/c15-11-4-1-10(2-5-11)3-6-14(21)18-12-7-17-19(8-12)9-13(16)20/h1-8H,9,15H2,(H2,16,20)(H,18,21)/b6-3+. The maximum atomic E-state index is 11.7. The Hall–Kier alpha value is -3.09. The van der Waals surface area contributed by atoms with Gasteiger partial charge in [-0.05, 0) is 23.8 Å². The third kappa shape index (κ3) is 4.50. The van der Waals surface area contributed by atoms with Crippen LogP contribution in [0.4, 0.5) is 11.4 Å². The summed E-state index contributed by atoms with van der Waals surface area (Å²) in [6.45, 7) is -0.0306. The van der Waals surface area contributed by atoms with Crippen LogP contribution in [-0.2, 0) is 16.1 Å². The van der Waals surface area contributed by atoms with Crippen LogP contribution < -0.4 is 16.8 Å². The van der Waals surface area contributed by atoms with Crippen LogP contribution >= 0.6 is 0 Å². The summed E-state index contributed by atoms with van der Waals surface area (Å²) in [5.74, 6) is -0.801. The van der Waals surface area contributed by atoms with E-state index in [0.717, 1.165) is 5.56 Å². The minimum absolute atomic E-state index is 0.0306. The average Bonchev–Trinajstić information content (AvgIpc) is 2.84. The summed E-state index contributed by atoms with van der Waals surface area (Å²) >= 11 is 0. The molecule has 0 radical (unpaired) electrons. The maximum absolute atomic E-state index is 11.7. The van der Waals surface area contributed by atoms with Crippen LogP contribution in [0.5, 0.6) is 0 Å². The second-order valence-electron chi connectivity index (χ2n) is 4.38. The summed E-state index contributed by atoms with van der Waals surface area (Å²) in [4.78, 5) is 22.5. The number of nitrogens with one attached hydrogen (secondary N) is 1. The van der Waals surface area contributed by atoms with E-state index in [1.54, 1.807) is 18.2 Å². The Morgan fingerprint density at radius 1 is 1.29 bits per heavy atom. The minimum Gasteiger partial charge on any atom is -0.399 e. The van der Waals surface area contributed by atoms with Crippen molar-refractivity contribution in [3.8, 4) is 0 Å². The first-order chi connectivity index (χ1) is 10.0. The highest BCUT2D eigenvalue weighted by molar-refractivity contribution is 6.01. The van der Waals surface area contributed by atoms with Gasteiger partial charge in [-0.1, -0.05) is 12.1 Å². The zero-order valence-corrected chi connectivity index (χ0v) is 11.2. The largest absolute Gasteiger partial charge is 0.399 e. The van der Waals surface area contributed by atoms with Crippen molar-refractivity contribution in [1.29, 1.82) is 0 Å². The molecular formula is C14H15N5O2. The minimum atomic E-state index is -0.501. The Kier molecular flexibility index (Phi) is 4.35. The van der Waals surface area contributed by atoms with Gasteiger partial charge >= 0.3 is 0 Å². The number of nitrogens with two attached hydrogens (primary N) is 2. The van der Waals surface area contributed by atoms with E-state index in [-0.39, 0.29) is 12.5 Å². The van der Waals surface area contributed by atoms with Crippen molar-refractivity contribution in [2.75, 3.05) is 11.1 Å². The molecule has 5 N–H and O–H groups in total. The van der Waals surface area contributed by atoms with E-state index in [2.05, 4.69) is 10.4 Å². The number of nitrogens with zero attached hydrogens (tertiary/aromatic N) is 2. The normalized spacial score (nSPS) is 10.7. The van der Waals surface area contributed by atoms with Crippen molar-refractivity contribution in [3.63, 3.8) is 0 Å². The van der Waals surface area contributed by atoms with Crippen molar-refractivity contribution < 1.29 is 9.59 Å². The Labute approximate surface area is 121 Å². The van der Waals surface area contributed by atoms with E-state index in [1.165, 1.54) is 23.2 Å². The zero-order chi connectivity index (χ0) is 15.2. The van der Waals surface area contributed by atoms with Crippen molar-refractivity contribution >= 4 is 29.3 Å². The Morgan fingerprint density at radius 2 is 2.00 bits per heavy atom. The molecule has 0 atom stereocenters. The quantitative estimate of drug-likeness (QED) is 0.551. The van der Waals surface area contributed by atoms with Crippen molar-refractivity contribution in [1.82, 2.24) is 9.78 Å². The molecule has 7 nitrogen and oxygen atoms in total. The molecule has 0 aliphatic carbocycles. The fourth-order valence-corrected chi connectivity index (χ4v) is 1.64. The van der Waals surface area contributed by atoms with Gasteiger partial charge in [0.2, 0.25) is 11.8 Å². The molecule has 1 heterocycles. The molecule has 7 heteroatoms. The molecule has 2 aromatic rings. The van der Waals surface area contributed by atoms with Crippen molar-refractivity contribution in [2.45, 2.75) is 6.54 Å². The molecular weight excluding hydrogens is 270 g/mol. The number of primary amides is 1. The summed E-state index contributed by atoms with van der Waals surface area (Å²) < 4.78 is 1.35. The number of anilines is 2. The third-order valence-corrected chi connectivity index (χ3v) is 2.58. The lowest BCUT2D eigenvalue weighted by Crippen LogP contribution is -2.18. The summed E-state index contributed by atoms with van der Waals surface area (Å²) in [6, 6.07) is 7.13. The first kappa shape index (κ1) is 14.3. The highest BCUT2D eigenvalue weighted by Crippen LogP contribution is 2.08. The molecule has 0 unspecified atom stereocenters. The van der Waals surface area contributed by atoms with Crippen LogP contribution in [0.2, 0.25) is 0 Å². The molecule has 0 spiro atoms. The highest BCUT2D eigenvalue weighted by atomic mass is 16.2. The van der Waals surface area contributed by atoms with Gasteiger partial charge in [-0.15, -0.1) is 0 Å². The molecule has 2 rings (SSSR count). The molecule has 0 aliphatic rings. The SMILES string of the molecule is NC(=O)Cn1cc(NC(=O)/C=C/c2ccc(N)cc2)cn1. The lowest BCUT2D eigenvalue weighted by atomic mass is 10.2. The number of carbonyl (C=O) groups is 2. The van der Waals surface area contributed by atoms with E-state index < -0.39 is 5.91 Å². The fourth-order valence-electron chi connectivity index (χ4n) is 1.64. The van der Waals surface area contributed by atoms with Gasteiger partial charge in [0.15, 0.2) is 0 Å². The molecule has 0 saturated heterocycles. The number of aromatic nitrogens is 2. The van der Waals surface area contributed by atoms with Crippen LogP contribution in [0.25, 0.3) is 6.08 Å². The smallest absolute Gasteiger partial charge is 0.248 e. The summed E-state index contributed by atoms with van der Waals surface area (Å²) in [5, 5.41) is 6.53. The van der Waals surface area contributed by atoms with Crippen LogP contribution in [0.1, 0.15) is 5.56 Å². The number of hydrogen-bond donors (Lipinski definition) is 3. The molecule has 21 heavy (non-hydrogen) atoms. The molecule has 108 valence electrons. The van der Waals surface area contributed by atoms with E-state index >= 15 is 0 Å². The van der Waals surface area contributed by atoms with Gasteiger partial charge in [0.25, 0.3) is 0 Å². The summed E-state index contributed by atoms with van der Waals surface area (Å²) in [6.07, 6.45) is 6.04. The van der Waals surface area contributed by atoms with Crippen molar-refractivity contribution in [2.24, 2.45) is 5.73 Å². The zero-order valence-electron chi connectivity index (χ0n) is 11.2. The predicted molar refractivity (Wildman–Crippen MR) is 79.9 cm³/mol. The number of rotatable bonds is 5. The first-order valence-electron chi connectivity index (χ1n) is 6.18. The molecule has 0 aliphatic heterocycles. The van der Waals surface area contributed by atoms with Gasteiger partial charge in [-0.3, -0.25) is 14.3 Å². The van der Waals surface area contributed by atoms with Gasteiger partial charge in [0, 0.05) is 18.0 Å². The molecule has 0 saturated carbocycles.